The monoisotopic (exact) mass is 50.0 g/mol. The Morgan fingerprint density at radius 2 is 2.00 bits per heavy atom. The smallest absolute Gasteiger partial charge is 0.337 e. The van der Waals surface area contributed by atoms with Crippen LogP contribution in [0.15, 0.2) is 0 Å². The molecule has 3 heteroatoms. The third-order valence-electron chi connectivity index (χ3n) is 0. The van der Waals surface area contributed by atoms with Gasteiger partial charge in [0.2, 0.25) is 0 Å². The molecule has 0 saturated carbocycles. The molecule has 0 aromatic rings. The molecule has 16 valence electrons. The van der Waals surface area contributed by atoms with Gasteiger partial charge in [-0.1, -0.05) is 0 Å². The van der Waals surface area contributed by atoms with E-state index in [1.54, 1.807) is 0 Å². The molecule has 0 aliphatic carbocycles. The fraction of sp³-hybridized carbons (Fsp3) is 0. The van der Waals surface area contributed by atoms with Crippen LogP contribution in [0.3, 0.4) is 0 Å². The number of hydrogen-bond donors (Lipinski definition) is 1. The summed E-state index contributed by atoms with van der Waals surface area (Å²) >= 11 is 0. The van der Waals surface area contributed by atoms with Crippen molar-refractivity contribution in [3.05, 3.63) is 0 Å². The molecule has 0 amide bonds. The third kappa shape index (κ3) is 117. The number of rotatable bonds is 0. The number of nitrogens with two attached hydrogens (primary N) is 1. The molecular formula is CH3LiN2+2. The van der Waals surface area contributed by atoms with Crippen molar-refractivity contribution >= 4 is 0 Å². The van der Waals surface area contributed by atoms with E-state index in [-0.39, 0.29) is 20.3 Å². The summed E-state index contributed by atoms with van der Waals surface area (Å²) in [6.45, 7) is 0. The van der Waals surface area contributed by atoms with E-state index >= 15 is 0 Å². The predicted octanol–water partition coefficient (Wildman–Crippen LogP) is -3.46. The average Bonchev–Trinajstić information content (AvgIpc) is 0.918. The van der Waals surface area contributed by atoms with Gasteiger partial charge >= 0.3 is 20.3 Å². The number of nitrogens with zero attached hydrogens (tertiary/aromatic N) is 1. The van der Waals surface area contributed by atoms with Crippen molar-refractivity contribution in [3.63, 3.8) is 0 Å². The Bertz CT molecular complexity index is 31.1. The van der Waals surface area contributed by atoms with E-state index in [2.05, 4.69) is 5.73 Å². The van der Waals surface area contributed by atoms with Gasteiger partial charge in [-0.3, -0.25) is 0 Å². The van der Waals surface area contributed by atoms with Gasteiger partial charge in [-0.05, 0) is 0 Å². The van der Waals surface area contributed by atoms with Crippen LogP contribution in [0, 0.1) is 11.5 Å². The summed E-state index contributed by atoms with van der Waals surface area (Å²) in [6.07, 6.45) is 1.25. The van der Waals surface area contributed by atoms with Crippen LogP contribution >= 0.6 is 0 Å². The molecule has 0 aliphatic heterocycles. The topological polar surface area (TPSA) is 49.8 Å². The standard InChI is InChI=1S/CH2N2.Li/c2-1-3;/h2H2;/q;+1/p+1. The molecule has 0 aliphatic rings. The Hall–Kier alpha value is -0.113. The molecular weight excluding hydrogens is 47.0 g/mol. The minimum atomic E-state index is 0. The zero-order chi connectivity index (χ0) is 2.71. The number of hydrogen-bond acceptors (Lipinski definition) is 2. The van der Waals surface area contributed by atoms with Gasteiger partial charge in [0.05, 0.1) is 0 Å². The van der Waals surface area contributed by atoms with Crippen LogP contribution in [0.4, 0.5) is 0 Å². The maximum Gasteiger partial charge on any atom is 1.00 e. The van der Waals surface area contributed by atoms with Crippen LogP contribution in [0.1, 0.15) is 1.43 Å². The first-order valence-electron chi connectivity index (χ1n) is 0.512. The summed E-state index contributed by atoms with van der Waals surface area (Å²) in [5.74, 6) is 0. The molecule has 0 saturated heterocycles. The van der Waals surface area contributed by atoms with E-state index in [1.807, 2.05) is 0 Å². The zero-order valence-corrected chi connectivity index (χ0v) is 2.52. The van der Waals surface area contributed by atoms with Crippen molar-refractivity contribution in [1.82, 2.24) is 0 Å². The number of nitriles is 1. The Kier molecular flexibility index (Phi) is 29.7. The van der Waals surface area contributed by atoms with E-state index < -0.39 is 0 Å². The Morgan fingerprint density at radius 1 is 2.00 bits per heavy atom. The van der Waals surface area contributed by atoms with Gasteiger partial charge in [0.15, 0.2) is 6.19 Å². The van der Waals surface area contributed by atoms with E-state index in [0.717, 1.165) is 0 Å². The minimum absolute atomic E-state index is 0. The molecule has 2 nitrogen and oxygen atoms in total. The summed E-state index contributed by atoms with van der Waals surface area (Å²) < 4.78 is 0. The van der Waals surface area contributed by atoms with Crippen LogP contribution in [0.25, 0.3) is 0 Å². The molecule has 0 bridgehead atoms. The van der Waals surface area contributed by atoms with Gasteiger partial charge < -0.3 is 5.73 Å². The first-order valence-corrected chi connectivity index (χ1v) is 0.512. The van der Waals surface area contributed by atoms with E-state index in [0.29, 0.717) is 0 Å². The largest absolute Gasteiger partial charge is 1.00 e. The molecule has 0 heterocycles. The fourth-order valence-electron chi connectivity index (χ4n) is 0. The summed E-state index contributed by atoms with van der Waals surface area (Å²) in [6, 6.07) is 0. The SMILES string of the molecule is N#CN.[H+].[Li+]. The van der Waals surface area contributed by atoms with Crippen molar-refractivity contribution in [2.24, 2.45) is 5.73 Å². The normalized spacial score (nSPS) is 1.75. The second-order valence-electron chi connectivity index (χ2n) is 0.129. The van der Waals surface area contributed by atoms with Crippen LogP contribution in [-0.2, 0) is 0 Å². The zero-order valence-electron chi connectivity index (χ0n) is 3.52. The first-order chi connectivity index (χ1) is 1.41. The molecule has 0 aromatic heterocycles. The predicted molar refractivity (Wildman–Crippen MR) is 10.9 cm³/mol. The Balaban J connectivity index is -0.0000000200. The van der Waals surface area contributed by atoms with Crippen molar-refractivity contribution in [2.45, 2.75) is 0 Å². The third-order valence-corrected chi connectivity index (χ3v) is 0. The van der Waals surface area contributed by atoms with Crippen molar-refractivity contribution in [3.8, 4) is 6.19 Å². The minimum Gasteiger partial charge on any atom is -0.337 e. The summed E-state index contributed by atoms with van der Waals surface area (Å²) in [5, 5.41) is 7.10. The van der Waals surface area contributed by atoms with Crippen molar-refractivity contribution < 1.29 is 20.3 Å². The molecule has 0 atom stereocenters. The molecule has 0 spiro atoms. The van der Waals surface area contributed by atoms with Crippen LogP contribution in [-0.4, -0.2) is 0 Å². The Morgan fingerprint density at radius 3 is 2.00 bits per heavy atom. The van der Waals surface area contributed by atoms with Crippen LogP contribution < -0.4 is 24.6 Å². The summed E-state index contributed by atoms with van der Waals surface area (Å²) in [5.41, 5.74) is 4.15. The van der Waals surface area contributed by atoms with Gasteiger partial charge in [-0.2, -0.15) is 5.26 Å². The molecule has 0 rings (SSSR count). The molecule has 4 heavy (non-hydrogen) atoms. The van der Waals surface area contributed by atoms with Gasteiger partial charge in [0, 0.05) is 0 Å². The van der Waals surface area contributed by atoms with Gasteiger partial charge in [0.25, 0.3) is 0 Å². The van der Waals surface area contributed by atoms with Crippen LogP contribution in [0.2, 0.25) is 0 Å². The quantitative estimate of drug-likeness (QED) is 0.176. The van der Waals surface area contributed by atoms with E-state index in [9.17, 15) is 0 Å². The van der Waals surface area contributed by atoms with Gasteiger partial charge in [-0.15, -0.1) is 0 Å². The van der Waals surface area contributed by atoms with E-state index in [1.165, 1.54) is 6.19 Å². The molecule has 2 N–H and O–H groups in total. The van der Waals surface area contributed by atoms with Crippen LogP contribution in [0.5, 0.6) is 0 Å². The molecule has 0 unspecified atom stereocenters. The first kappa shape index (κ1) is 9.10. The summed E-state index contributed by atoms with van der Waals surface area (Å²) in [4.78, 5) is 0. The van der Waals surface area contributed by atoms with Gasteiger partial charge in [-0.25, -0.2) is 0 Å². The Labute approximate surface area is 38.3 Å². The average molecular weight is 50.0 g/mol. The molecule has 0 aromatic carbocycles. The van der Waals surface area contributed by atoms with Crippen molar-refractivity contribution in [2.75, 3.05) is 0 Å². The maximum atomic E-state index is 7.10. The second-order valence-corrected chi connectivity index (χ2v) is 0.129. The van der Waals surface area contributed by atoms with Gasteiger partial charge in [0.1, 0.15) is 0 Å². The van der Waals surface area contributed by atoms with E-state index in [4.69, 9.17) is 5.26 Å². The second kappa shape index (κ2) is 13.1. The maximum absolute atomic E-state index is 7.10. The molecule has 0 radical (unpaired) electrons. The fourth-order valence-corrected chi connectivity index (χ4v) is 0. The molecule has 0 fully saturated rings. The van der Waals surface area contributed by atoms with Crippen molar-refractivity contribution in [1.29, 1.82) is 5.26 Å². The summed E-state index contributed by atoms with van der Waals surface area (Å²) in [7, 11) is 0.